The summed E-state index contributed by atoms with van der Waals surface area (Å²) >= 11 is 4.33. The van der Waals surface area contributed by atoms with E-state index >= 15 is 0 Å². The third kappa shape index (κ3) is 4.14. The molecule has 0 radical (unpaired) electrons. The van der Waals surface area contributed by atoms with Crippen LogP contribution in [-0.4, -0.2) is 55.1 Å². The van der Waals surface area contributed by atoms with Gasteiger partial charge in [-0.1, -0.05) is 36.4 Å². The molecule has 0 aromatic heterocycles. The first kappa shape index (κ1) is 20.1. The molecule has 1 fully saturated rings. The summed E-state index contributed by atoms with van der Waals surface area (Å²) in [6.07, 6.45) is 2.41. The Hall–Kier alpha value is -1.60. The molecule has 1 unspecified atom stereocenters. The van der Waals surface area contributed by atoms with E-state index in [-0.39, 0.29) is 11.9 Å². The summed E-state index contributed by atoms with van der Waals surface area (Å²) in [4.78, 5) is 15.4. The molecule has 3 N–H and O–H groups in total. The number of amides is 1. The van der Waals surface area contributed by atoms with Gasteiger partial charge in [0, 0.05) is 44.8 Å². The summed E-state index contributed by atoms with van der Waals surface area (Å²) in [5.41, 5.74) is 6.81. The lowest BCUT2D eigenvalue weighted by Gasteiger charge is -2.50. The second-order valence-corrected chi connectivity index (χ2v) is 7.54. The molecule has 6 heteroatoms. The molecule has 5 nitrogen and oxygen atoms in total. The minimum Gasteiger partial charge on any atom is -0.385 e. The van der Waals surface area contributed by atoms with Gasteiger partial charge >= 0.3 is 0 Å². The third-order valence-electron chi connectivity index (χ3n) is 5.45. The van der Waals surface area contributed by atoms with Crippen molar-refractivity contribution in [2.24, 2.45) is 5.73 Å². The van der Waals surface area contributed by atoms with Crippen LogP contribution in [0.25, 0.3) is 10.8 Å². The number of carbonyl (C=O) groups excluding carboxylic acids is 1. The molecule has 146 valence electrons. The lowest BCUT2D eigenvalue weighted by molar-refractivity contribution is 0.00274. The van der Waals surface area contributed by atoms with Gasteiger partial charge in [-0.2, -0.15) is 12.6 Å². The number of nitrogens with two attached hydrogens (primary N) is 1. The maximum atomic E-state index is 13.6. The van der Waals surface area contributed by atoms with Crippen molar-refractivity contribution in [2.75, 3.05) is 32.6 Å². The van der Waals surface area contributed by atoms with Crippen molar-refractivity contribution >= 4 is 29.3 Å². The van der Waals surface area contributed by atoms with Gasteiger partial charge in [-0.25, -0.2) is 0 Å². The monoisotopic (exact) mass is 387 g/mol. The van der Waals surface area contributed by atoms with Gasteiger partial charge in [0.15, 0.2) is 0 Å². The lowest BCUT2D eigenvalue weighted by Crippen LogP contribution is -2.73. The summed E-state index contributed by atoms with van der Waals surface area (Å²) < 4.78 is 5.31. The summed E-state index contributed by atoms with van der Waals surface area (Å²) in [6.45, 7) is 1.83. The molecule has 0 bridgehead atoms. The highest BCUT2D eigenvalue weighted by atomic mass is 32.1. The average molecular weight is 388 g/mol. The van der Waals surface area contributed by atoms with Crippen LogP contribution in [0.4, 0.5) is 0 Å². The van der Waals surface area contributed by atoms with Crippen molar-refractivity contribution in [3.63, 3.8) is 0 Å². The number of ether oxygens (including phenoxy) is 1. The van der Waals surface area contributed by atoms with E-state index in [0.717, 1.165) is 35.9 Å². The summed E-state index contributed by atoms with van der Waals surface area (Å²) in [6, 6.07) is 13.9. The number of piperazine rings is 1. The van der Waals surface area contributed by atoms with Crippen molar-refractivity contribution in [3.8, 4) is 0 Å². The molecule has 1 heterocycles. The van der Waals surface area contributed by atoms with Crippen LogP contribution < -0.4 is 11.1 Å². The number of carbonyl (C=O) groups is 1. The predicted molar refractivity (Wildman–Crippen MR) is 113 cm³/mol. The summed E-state index contributed by atoms with van der Waals surface area (Å²) in [7, 11) is 1.67. The summed E-state index contributed by atoms with van der Waals surface area (Å²) in [5.74, 6) is 0.790. The number of nitrogens with zero attached hydrogens (tertiary/aromatic N) is 1. The smallest absolute Gasteiger partial charge is 0.256 e. The van der Waals surface area contributed by atoms with E-state index in [9.17, 15) is 4.79 Å². The first-order valence-electron chi connectivity index (χ1n) is 9.53. The molecule has 0 saturated carbocycles. The topological polar surface area (TPSA) is 67.6 Å². The Morgan fingerprint density at radius 1 is 1.33 bits per heavy atom. The highest BCUT2D eigenvalue weighted by Crippen LogP contribution is 2.29. The number of hydrogen-bond acceptors (Lipinski definition) is 5. The quantitative estimate of drug-likeness (QED) is 0.639. The Bertz CT molecular complexity index is 780. The van der Waals surface area contributed by atoms with E-state index in [2.05, 4.69) is 17.9 Å². The Morgan fingerprint density at radius 2 is 2.11 bits per heavy atom. The molecular formula is C21H29N3O2S. The zero-order valence-electron chi connectivity index (χ0n) is 15.9. The number of fused-ring (bicyclic) bond motifs is 1. The van der Waals surface area contributed by atoms with Crippen LogP contribution in [0, 0.1) is 0 Å². The number of benzene rings is 2. The van der Waals surface area contributed by atoms with Gasteiger partial charge in [0.2, 0.25) is 0 Å². The van der Waals surface area contributed by atoms with Gasteiger partial charge in [-0.15, -0.1) is 0 Å². The fourth-order valence-corrected chi connectivity index (χ4v) is 4.18. The Balaban J connectivity index is 1.96. The SMILES string of the molecule is COCC[C@@]1(N)C(CCCS)NCCN1C(=O)c1cccc2ccccc12. The second-order valence-electron chi connectivity index (χ2n) is 7.09. The number of thiol groups is 1. The molecule has 2 aromatic rings. The largest absolute Gasteiger partial charge is 0.385 e. The van der Waals surface area contributed by atoms with Crippen molar-refractivity contribution in [1.82, 2.24) is 10.2 Å². The molecule has 1 saturated heterocycles. The fourth-order valence-electron chi connectivity index (χ4n) is 3.99. The molecule has 0 spiro atoms. The molecule has 0 aliphatic carbocycles. The Labute approximate surface area is 166 Å². The maximum Gasteiger partial charge on any atom is 0.256 e. The number of nitrogens with one attached hydrogen (secondary N) is 1. The molecular weight excluding hydrogens is 358 g/mol. The van der Waals surface area contributed by atoms with E-state index in [1.165, 1.54) is 0 Å². The van der Waals surface area contributed by atoms with Gasteiger partial charge in [0.1, 0.15) is 5.66 Å². The predicted octanol–water partition coefficient (Wildman–Crippen LogP) is 2.66. The van der Waals surface area contributed by atoms with Crippen LogP contribution in [0.15, 0.2) is 42.5 Å². The van der Waals surface area contributed by atoms with E-state index < -0.39 is 5.66 Å². The van der Waals surface area contributed by atoms with E-state index in [0.29, 0.717) is 25.1 Å². The zero-order chi connectivity index (χ0) is 19.3. The van der Waals surface area contributed by atoms with Crippen LogP contribution in [0.2, 0.25) is 0 Å². The van der Waals surface area contributed by atoms with Crippen LogP contribution >= 0.6 is 12.6 Å². The molecule has 1 amide bonds. The molecule has 2 atom stereocenters. The first-order valence-corrected chi connectivity index (χ1v) is 10.2. The fraction of sp³-hybridized carbons (Fsp3) is 0.476. The maximum absolute atomic E-state index is 13.6. The average Bonchev–Trinajstić information content (AvgIpc) is 2.70. The van der Waals surface area contributed by atoms with Gasteiger partial charge in [0.25, 0.3) is 5.91 Å². The lowest BCUT2D eigenvalue weighted by atomic mass is 9.88. The minimum atomic E-state index is -0.786. The highest BCUT2D eigenvalue weighted by Gasteiger charge is 2.45. The molecule has 1 aliphatic heterocycles. The van der Waals surface area contributed by atoms with E-state index in [1.54, 1.807) is 7.11 Å². The van der Waals surface area contributed by atoms with Crippen LogP contribution in [-0.2, 0) is 4.74 Å². The Kier molecular flexibility index (Phi) is 6.76. The standard InChI is InChI=1S/C21H29N3O2S/c1-26-14-11-21(22)19(10-5-15-27)23-12-13-24(21)20(25)18-9-4-7-16-6-2-3-8-17(16)18/h2-4,6-9,19,23,27H,5,10-15,22H2,1H3/t19?,21-/m0/s1. The Morgan fingerprint density at radius 3 is 2.89 bits per heavy atom. The van der Waals surface area contributed by atoms with Gasteiger partial charge in [-0.05, 0) is 35.4 Å². The number of hydrogen-bond donors (Lipinski definition) is 3. The molecule has 2 aromatic carbocycles. The van der Waals surface area contributed by atoms with Crippen LogP contribution in [0.3, 0.4) is 0 Å². The molecule has 1 aliphatic rings. The number of methoxy groups -OCH3 is 1. The van der Waals surface area contributed by atoms with Crippen LogP contribution in [0.1, 0.15) is 29.6 Å². The van der Waals surface area contributed by atoms with Crippen LogP contribution in [0.5, 0.6) is 0 Å². The molecule has 3 rings (SSSR count). The van der Waals surface area contributed by atoms with Gasteiger partial charge in [-0.3, -0.25) is 4.79 Å². The number of rotatable bonds is 7. The summed E-state index contributed by atoms with van der Waals surface area (Å²) in [5, 5.41) is 5.54. The van der Waals surface area contributed by atoms with Gasteiger partial charge in [0.05, 0.1) is 0 Å². The van der Waals surface area contributed by atoms with Crippen molar-refractivity contribution in [3.05, 3.63) is 48.0 Å². The zero-order valence-corrected chi connectivity index (χ0v) is 16.8. The second kappa shape index (κ2) is 9.06. The first-order chi connectivity index (χ1) is 13.1. The normalized spacial score (nSPS) is 22.9. The van der Waals surface area contributed by atoms with Crippen molar-refractivity contribution in [1.29, 1.82) is 0 Å². The minimum absolute atomic E-state index is 0.0113. The van der Waals surface area contributed by atoms with Crippen molar-refractivity contribution < 1.29 is 9.53 Å². The van der Waals surface area contributed by atoms with E-state index in [4.69, 9.17) is 10.5 Å². The third-order valence-corrected chi connectivity index (χ3v) is 5.77. The van der Waals surface area contributed by atoms with Gasteiger partial charge < -0.3 is 20.7 Å². The highest BCUT2D eigenvalue weighted by molar-refractivity contribution is 7.80. The van der Waals surface area contributed by atoms with E-state index in [1.807, 2.05) is 47.4 Å². The van der Waals surface area contributed by atoms with Crippen molar-refractivity contribution in [2.45, 2.75) is 31.0 Å². The molecule has 27 heavy (non-hydrogen) atoms.